The van der Waals surface area contributed by atoms with Gasteiger partial charge in [-0.15, -0.1) is 0 Å². The maximum Gasteiger partial charge on any atom is 0.220 e. The Balaban J connectivity index is 2.39. The maximum atomic E-state index is 12.9. The van der Waals surface area contributed by atoms with E-state index in [4.69, 9.17) is 9.47 Å². The zero-order valence-corrected chi connectivity index (χ0v) is 34.2. The number of ether oxygens (including phenoxy) is 2. The second-order valence-electron chi connectivity index (χ2n) is 15.1. The molecule has 0 aromatic carbocycles. The summed E-state index contributed by atoms with van der Waals surface area (Å²) in [5, 5.41) is 54.1. The van der Waals surface area contributed by atoms with Gasteiger partial charge in [-0.25, -0.2) is 0 Å². The average Bonchev–Trinajstić information content (AvgIpc) is 3.17. The monoisotopic (exact) mass is 764 g/mol. The quantitative estimate of drug-likeness (QED) is 0.0278. The summed E-state index contributed by atoms with van der Waals surface area (Å²) in [7, 11) is 0. The third-order valence-electron chi connectivity index (χ3n) is 10.2. The van der Waals surface area contributed by atoms with Crippen molar-refractivity contribution in [3.8, 4) is 0 Å². The number of nitrogens with one attached hydrogen (secondary N) is 1. The van der Waals surface area contributed by atoms with Gasteiger partial charge in [0.1, 0.15) is 24.4 Å². The van der Waals surface area contributed by atoms with Gasteiger partial charge < -0.3 is 40.3 Å². The van der Waals surface area contributed by atoms with E-state index in [1.807, 2.05) is 6.08 Å². The van der Waals surface area contributed by atoms with Gasteiger partial charge in [0.05, 0.1) is 25.4 Å². The second-order valence-corrected chi connectivity index (χ2v) is 15.1. The zero-order chi connectivity index (χ0) is 39.5. The summed E-state index contributed by atoms with van der Waals surface area (Å²) in [6.45, 7) is 3.64. The lowest BCUT2D eigenvalue weighted by Crippen LogP contribution is -2.60. The molecule has 0 saturated carbocycles. The molecule has 1 fully saturated rings. The molecule has 0 aromatic rings. The molecule has 7 atom stereocenters. The number of hydrogen-bond acceptors (Lipinski definition) is 8. The molecule has 0 spiro atoms. The maximum absolute atomic E-state index is 12.9. The highest BCUT2D eigenvalue weighted by molar-refractivity contribution is 5.76. The van der Waals surface area contributed by atoms with Crippen molar-refractivity contribution in [3.63, 3.8) is 0 Å². The Morgan fingerprint density at radius 1 is 0.648 bits per heavy atom. The van der Waals surface area contributed by atoms with Crippen molar-refractivity contribution in [1.29, 1.82) is 0 Å². The molecular formula is C45H81NO8. The van der Waals surface area contributed by atoms with E-state index in [0.29, 0.717) is 6.42 Å². The molecule has 0 aliphatic carbocycles. The van der Waals surface area contributed by atoms with Gasteiger partial charge >= 0.3 is 0 Å². The van der Waals surface area contributed by atoms with Crippen molar-refractivity contribution >= 4 is 5.91 Å². The molecule has 9 heteroatoms. The predicted molar refractivity (Wildman–Crippen MR) is 221 cm³/mol. The van der Waals surface area contributed by atoms with E-state index in [-0.39, 0.29) is 12.5 Å². The van der Waals surface area contributed by atoms with E-state index in [1.165, 1.54) is 83.5 Å². The van der Waals surface area contributed by atoms with Gasteiger partial charge in [-0.1, -0.05) is 165 Å². The van der Waals surface area contributed by atoms with Crippen molar-refractivity contribution in [3.05, 3.63) is 48.6 Å². The Labute approximate surface area is 329 Å². The number of carbonyl (C=O) groups is 1. The number of carbonyl (C=O) groups excluding carboxylic acids is 1. The minimum atomic E-state index is -1.57. The average molecular weight is 764 g/mol. The van der Waals surface area contributed by atoms with E-state index in [2.05, 4.69) is 55.6 Å². The van der Waals surface area contributed by atoms with Crippen LogP contribution < -0.4 is 5.32 Å². The fourth-order valence-electron chi connectivity index (χ4n) is 6.64. The topological polar surface area (TPSA) is 149 Å². The molecule has 314 valence electrons. The van der Waals surface area contributed by atoms with Gasteiger partial charge in [0.25, 0.3) is 0 Å². The standard InChI is InChI=1S/C45H81NO8/c1-3-5-7-9-11-13-15-17-19-20-21-23-25-27-29-31-33-35-41(49)46-38(37-53-45-44(52)43(51)42(50)40(36-47)54-45)39(48)34-32-30-28-26-24-22-18-16-14-12-10-8-6-4-2/h5,7,11,13,17,19,32,34,38-40,42-45,47-48,50-52H,3-4,6,8-10,12,14-16,18,20-31,33,35-37H2,1-2H3,(H,46,49)/b7-5-,13-11-,19-17-,34-32+. The van der Waals surface area contributed by atoms with E-state index in [0.717, 1.165) is 70.6 Å². The summed E-state index contributed by atoms with van der Waals surface area (Å²) in [4.78, 5) is 12.9. The van der Waals surface area contributed by atoms with Crippen LogP contribution in [0.5, 0.6) is 0 Å². The largest absolute Gasteiger partial charge is 0.394 e. The number of hydrogen-bond donors (Lipinski definition) is 6. The molecule has 1 aliphatic heterocycles. The van der Waals surface area contributed by atoms with Crippen LogP contribution in [-0.2, 0) is 14.3 Å². The van der Waals surface area contributed by atoms with Crippen LogP contribution in [0.4, 0.5) is 0 Å². The molecule has 1 aliphatic rings. The van der Waals surface area contributed by atoms with Gasteiger partial charge in [-0.05, 0) is 51.4 Å². The Morgan fingerprint density at radius 2 is 1.15 bits per heavy atom. The molecular weight excluding hydrogens is 682 g/mol. The van der Waals surface area contributed by atoms with Crippen molar-refractivity contribution in [2.45, 2.75) is 217 Å². The molecule has 1 saturated heterocycles. The fourth-order valence-corrected chi connectivity index (χ4v) is 6.64. The smallest absolute Gasteiger partial charge is 0.220 e. The third kappa shape index (κ3) is 26.1. The summed E-state index contributed by atoms with van der Waals surface area (Å²) in [5.74, 6) is -0.190. The van der Waals surface area contributed by atoms with Gasteiger partial charge in [-0.2, -0.15) is 0 Å². The molecule has 0 aromatic heterocycles. The molecule has 0 radical (unpaired) electrons. The lowest BCUT2D eigenvalue weighted by atomic mass is 9.99. The Kier molecular flexibility index (Phi) is 33.0. The first-order valence-corrected chi connectivity index (χ1v) is 21.9. The van der Waals surface area contributed by atoms with Gasteiger partial charge in [0.15, 0.2) is 6.29 Å². The number of amides is 1. The summed E-state index contributed by atoms with van der Waals surface area (Å²) in [6.07, 6.45) is 37.2. The van der Waals surface area contributed by atoms with Crippen molar-refractivity contribution < 1.29 is 39.8 Å². The van der Waals surface area contributed by atoms with Crippen LogP contribution in [0.15, 0.2) is 48.6 Å². The number of allylic oxidation sites excluding steroid dienone is 7. The molecule has 6 N–H and O–H groups in total. The predicted octanol–water partition coefficient (Wildman–Crippen LogP) is 8.67. The summed E-state index contributed by atoms with van der Waals surface area (Å²) >= 11 is 0. The van der Waals surface area contributed by atoms with E-state index < -0.39 is 49.5 Å². The van der Waals surface area contributed by atoms with Crippen molar-refractivity contribution in [1.82, 2.24) is 5.32 Å². The summed E-state index contributed by atoms with van der Waals surface area (Å²) < 4.78 is 11.2. The van der Waals surface area contributed by atoms with Gasteiger partial charge in [0, 0.05) is 6.42 Å². The van der Waals surface area contributed by atoms with Crippen LogP contribution in [0.2, 0.25) is 0 Å². The van der Waals surface area contributed by atoms with E-state index in [1.54, 1.807) is 6.08 Å². The number of unbranched alkanes of at least 4 members (excludes halogenated alkanes) is 19. The Morgan fingerprint density at radius 3 is 1.70 bits per heavy atom. The van der Waals surface area contributed by atoms with E-state index in [9.17, 15) is 30.3 Å². The van der Waals surface area contributed by atoms with Crippen molar-refractivity contribution in [2.75, 3.05) is 13.2 Å². The van der Waals surface area contributed by atoms with Gasteiger partial charge in [0.2, 0.25) is 5.91 Å². The first-order valence-electron chi connectivity index (χ1n) is 21.9. The highest BCUT2D eigenvalue weighted by Gasteiger charge is 2.44. The molecule has 7 unspecified atom stereocenters. The van der Waals surface area contributed by atoms with Crippen LogP contribution >= 0.6 is 0 Å². The number of aliphatic hydroxyl groups is 5. The highest BCUT2D eigenvalue weighted by atomic mass is 16.7. The van der Waals surface area contributed by atoms with Crippen LogP contribution in [0.25, 0.3) is 0 Å². The Hall–Kier alpha value is -1.85. The molecule has 1 rings (SSSR count). The van der Waals surface area contributed by atoms with E-state index >= 15 is 0 Å². The normalized spacial score (nSPS) is 21.9. The van der Waals surface area contributed by atoms with Crippen LogP contribution in [0.3, 0.4) is 0 Å². The Bertz CT molecular complexity index is 983. The van der Waals surface area contributed by atoms with Crippen LogP contribution in [0, 0.1) is 0 Å². The summed E-state index contributed by atoms with van der Waals surface area (Å²) in [5.41, 5.74) is 0. The molecule has 9 nitrogen and oxygen atoms in total. The van der Waals surface area contributed by atoms with Gasteiger partial charge in [-0.3, -0.25) is 4.79 Å². The molecule has 54 heavy (non-hydrogen) atoms. The number of rotatable bonds is 35. The second kappa shape index (κ2) is 35.6. The molecule has 1 heterocycles. The highest BCUT2D eigenvalue weighted by Crippen LogP contribution is 2.22. The minimum absolute atomic E-state index is 0.190. The van der Waals surface area contributed by atoms with Crippen LogP contribution in [0.1, 0.15) is 174 Å². The first kappa shape index (κ1) is 50.2. The third-order valence-corrected chi connectivity index (χ3v) is 10.2. The fraction of sp³-hybridized carbons (Fsp3) is 0.800. The lowest BCUT2D eigenvalue weighted by molar-refractivity contribution is -0.302. The zero-order valence-electron chi connectivity index (χ0n) is 34.2. The summed E-state index contributed by atoms with van der Waals surface area (Å²) in [6, 6.07) is -0.809. The molecule has 0 bridgehead atoms. The number of aliphatic hydroxyl groups excluding tert-OH is 5. The molecule has 1 amide bonds. The lowest BCUT2D eigenvalue weighted by Gasteiger charge is -2.40. The first-order chi connectivity index (χ1) is 26.3. The minimum Gasteiger partial charge on any atom is -0.394 e. The van der Waals surface area contributed by atoms with Crippen LogP contribution in [-0.4, -0.2) is 87.5 Å². The SMILES string of the molecule is CC/C=C\C/C=C\C/C=C\CCCCCCCCCC(=O)NC(COC1OC(CO)C(O)C(O)C1O)C(O)/C=C/CCCCCCCCCCCCCC. The van der Waals surface area contributed by atoms with Crippen molar-refractivity contribution in [2.24, 2.45) is 0 Å².